The van der Waals surface area contributed by atoms with Crippen LogP contribution < -0.4 is 14.8 Å². The summed E-state index contributed by atoms with van der Waals surface area (Å²) < 4.78 is 15.5. The van der Waals surface area contributed by atoms with Gasteiger partial charge >= 0.3 is 5.97 Å². The maximum atomic E-state index is 12.0. The fraction of sp³-hybridized carbons (Fsp3) is 0.500. The average Bonchev–Trinajstić information content (AvgIpc) is 2.52. The number of ether oxygens (including phenoxy) is 3. The van der Waals surface area contributed by atoms with Crippen molar-refractivity contribution in [1.29, 1.82) is 0 Å². The Morgan fingerprint density at radius 1 is 1.30 bits per heavy atom. The molecule has 6 nitrogen and oxygen atoms in total. The van der Waals surface area contributed by atoms with Gasteiger partial charge in [0, 0.05) is 6.54 Å². The number of nitrogens with one attached hydrogen (secondary N) is 1. The number of benzene rings is 1. The fourth-order valence-corrected chi connectivity index (χ4v) is 1.97. The van der Waals surface area contributed by atoms with Gasteiger partial charge in [-0.3, -0.25) is 4.79 Å². The van der Waals surface area contributed by atoms with Crippen LogP contribution in [0.4, 0.5) is 0 Å². The molecule has 1 aromatic carbocycles. The van der Waals surface area contributed by atoms with E-state index in [-0.39, 0.29) is 23.1 Å². The van der Waals surface area contributed by atoms with Crippen LogP contribution in [0.15, 0.2) is 12.1 Å². The smallest absolute Gasteiger partial charge is 0.338 e. The van der Waals surface area contributed by atoms with Gasteiger partial charge < -0.3 is 19.5 Å². The first-order valence-electron chi connectivity index (χ1n) is 7.33. The van der Waals surface area contributed by atoms with Crippen molar-refractivity contribution in [2.75, 3.05) is 26.9 Å². The lowest BCUT2D eigenvalue weighted by Gasteiger charge is -2.13. The molecule has 7 heteroatoms. The molecule has 1 aromatic rings. The maximum absolute atomic E-state index is 12.0. The average molecular weight is 344 g/mol. The van der Waals surface area contributed by atoms with Crippen LogP contribution in [-0.2, 0) is 9.53 Å². The van der Waals surface area contributed by atoms with Crippen molar-refractivity contribution in [3.8, 4) is 11.5 Å². The highest BCUT2D eigenvalue weighted by atomic mass is 35.5. The highest BCUT2D eigenvalue weighted by Crippen LogP contribution is 2.36. The molecule has 1 N–H and O–H groups in total. The van der Waals surface area contributed by atoms with Crippen LogP contribution in [0.3, 0.4) is 0 Å². The van der Waals surface area contributed by atoms with Crippen LogP contribution in [0, 0.1) is 5.92 Å². The van der Waals surface area contributed by atoms with E-state index in [2.05, 4.69) is 5.32 Å². The first kappa shape index (κ1) is 19.1. The van der Waals surface area contributed by atoms with Crippen LogP contribution in [-0.4, -0.2) is 38.7 Å². The lowest BCUT2D eigenvalue weighted by Crippen LogP contribution is -2.31. The predicted octanol–water partition coefficient (Wildman–Crippen LogP) is 2.68. The molecule has 1 amide bonds. The molecular weight excluding hydrogens is 322 g/mol. The first-order chi connectivity index (χ1) is 10.9. The van der Waals surface area contributed by atoms with E-state index >= 15 is 0 Å². The molecule has 0 spiro atoms. The largest absolute Gasteiger partial charge is 0.493 e. The van der Waals surface area contributed by atoms with Gasteiger partial charge in [0.1, 0.15) is 0 Å². The zero-order chi connectivity index (χ0) is 17.4. The van der Waals surface area contributed by atoms with Gasteiger partial charge in [-0.1, -0.05) is 25.4 Å². The zero-order valence-corrected chi connectivity index (χ0v) is 14.5. The van der Waals surface area contributed by atoms with Crippen LogP contribution in [0.2, 0.25) is 5.02 Å². The molecule has 0 radical (unpaired) electrons. The summed E-state index contributed by atoms with van der Waals surface area (Å²) in [6.07, 6.45) is 0. The van der Waals surface area contributed by atoms with Crippen molar-refractivity contribution in [3.63, 3.8) is 0 Å². The van der Waals surface area contributed by atoms with Gasteiger partial charge in [-0.2, -0.15) is 0 Å². The van der Waals surface area contributed by atoms with Gasteiger partial charge in [0.25, 0.3) is 5.91 Å². The molecule has 0 aliphatic carbocycles. The van der Waals surface area contributed by atoms with E-state index in [1.807, 2.05) is 20.8 Å². The third kappa shape index (κ3) is 5.98. The minimum atomic E-state index is -0.659. The fourth-order valence-electron chi connectivity index (χ4n) is 1.71. The van der Waals surface area contributed by atoms with E-state index in [9.17, 15) is 9.59 Å². The Labute approximate surface area is 141 Å². The first-order valence-corrected chi connectivity index (χ1v) is 7.71. The van der Waals surface area contributed by atoms with Gasteiger partial charge in [-0.15, -0.1) is 0 Å². The molecule has 0 saturated carbocycles. The molecule has 0 atom stereocenters. The number of esters is 1. The Morgan fingerprint density at radius 3 is 2.57 bits per heavy atom. The zero-order valence-electron chi connectivity index (χ0n) is 13.8. The highest BCUT2D eigenvalue weighted by Gasteiger charge is 2.17. The number of hydrogen-bond acceptors (Lipinski definition) is 5. The van der Waals surface area contributed by atoms with Crippen molar-refractivity contribution in [3.05, 3.63) is 22.7 Å². The molecule has 1 rings (SSSR count). The Kier molecular flexibility index (Phi) is 7.68. The van der Waals surface area contributed by atoms with Crippen LogP contribution in [0.1, 0.15) is 31.1 Å². The molecule has 23 heavy (non-hydrogen) atoms. The summed E-state index contributed by atoms with van der Waals surface area (Å²) in [5, 5.41) is 2.90. The third-order valence-electron chi connectivity index (χ3n) is 2.80. The van der Waals surface area contributed by atoms with E-state index in [4.69, 9.17) is 25.8 Å². The van der Waals surface area contributed by atoms with E-state index in [1.54, 1.807) is 0 Å². The van der Waals surface area contributed by atoms with Crippen molar-refractivity contribution in [2.24, 2.45) is 5.92 Å². The van der Waals surface area contributed by atoms with Gasteiger partial charge in [-0.05, 0) is 25.0 Å². The van der Waals surface area contributed by atoms with Crippen molar-refractivity contribution < 1.29 is 23.8 Å². The van der Waals surface area contributed by atoms with E-state index in [0.717, 1.165) is 0 Å². The summed E-state index contributed by atoms with van der Waals surface area (Å²) >= 11 is 6.09. The van der Waals surface area contributed by atoms with Gasteiger partial charge in [0.2, 0.25) is 0 Å². The summed E-state index contributed by atoms with van der Waals surface area (Å²) in [6, 6.07) is 2.88. The quantitative estimate of drug-likeness (QED) is 0.734. The van der Waals surface area contributed by atoms with Crippen LogP contribution in [0.5, 0.6) is 11.5 Å². The molecule has 0 aliphatic rings. The molecule has 0 aliphatic heterocycles. The van der Waals surface area contributed by atoms with Crippen molar-refractivity contribution in [2.45, 2.75) is 20.8 Å². The molecular formula is C16H22ClNO5. The minimum Gasteiger partial charge on any atom is -0.493 e. The second-order valence-corrected chi connectivity index (χ2v) is 5.60. The Hall–Kier alpha value is -1.95. The molecule has 128 valence electrons. The summed E-state index contributed by atoms with van der Waals surface area (Å²) in [5.74, 6) is 0.00581. The van der Waals surface area contributed by atoms with Crippen LogP contribution >= 0.6 is 11.6 Å². The normalized spacial score (nSPS) is 10.3. The third-order valence-corrected chi connectivity index (χ3v) is 3.08. The SMILES string of the molecule is CCOc1c(Cl)cc(C(=O)OCC(=O)NCC(C)C)cc1OC. The van der Waals surface area contributed by atoms with E-state index < -0.39 is 5.97 Å². The summed E-state index contributed by atoms with van der Waals surface area (Å²) in [6.45, 7) is 6.35. The molecule has 0 fully saturated rings. The van der Waals surface area contributed by atoms with E-state index in [1.165, 1.54) is 19.2 Å². The summed E-state index contributed by atoms with van der Waals surface area (Å²) in [5.41, 5.74) is 0.187. The maximum Gasteiger partial charge on any atom is 0.338 e. The van der Waals surface area contributed by atoms with Gasteiger partial charge in [0.05, 0.1) is 24.3 Å². The lowest BCUT2D eigenvalue weighted by molar-refractivity contribution is -0.124. The number of halogens is 1. The topological polar surface area (TPSA) is 73.9 Å². The number of rotatable bonds is 8. The lowest BCUT2D eigenvalue weighted by atomic mass is 10.2. The number of amides is 1. The monoisotopic (exact) mass is 343 g/mol. The van der Waals surface area contributed by atoms with Crippen molar-refractivity contribution in [1.82, 2.24) is 5.32 Å². The highest BCUT2D eigenvalue weighted by molar-refractivity contribution is 6.32. The molecule has 0 heterocycles. The van der Waals surface area contributed by atoms with Gasteiger partial charge in [-0.25, -0.2) is 4.79 Å². The molecule has 0 saturated heterocycles. The minimum absolute atomic E-state index is 0.187. The number of carbonyl (C=O) groups is 2. The van der Waals surface area contributed by atoms with Crippen LogP contribution in [0.25, 0.3) is 0 Å². The molecule has 0 aromatic heterocycles. The predicted molar refractivity (Wildman–Crippen MR) is 87.3 cm³/mol. The van der Waals surface area contributed by atoms with Gasteiger partial charge in [0.15, 0.2) is 18.1 Å². The number of hydrogen-bond donors (Lipinski definition) is 1. The molecule has 0 bridgehead atoms. The standard InChI is InChI=1S/C16H22ClNO5/c1-5-22-15-12(17)6-11(7-13(15)21-4)16(20)23-9-14(19)18-8-10(2)3/h6-7,10H,5,8-9H2,1-4H3,(H,18,19). The second-order valence-electron chi connectivity index (χ2n) is 5.20. The number of carbonyl (C=O) groups excluding carboxylic acids is 2. The summed E-state index contributed by atoms with van der Waals surface area (Å²) in [4.78, 5) is 23.6. The molecule has 0 unspecified atom stereocenters. The Balaban J connectivity index is 2.73. The second kappa shape index (κ2) is 9.25. The Bertz CT molecular complexity index is 560. The van der Waals surface area contributed by atoms with Crippen molar-refractivity contribution >= 4 is 23.5 Å². The Morgan fingerprint density at radius 2 is 2.00 bits per heavy atom. The van der Waals surface area contributed by atoms with E-state index in [0.29, 0.717) is 30.6 Å². The summed E-state index contributed by atoms with van der Waals surface area (Å²) in [7, 11) is 1.45. The number of methoxy groups -OCH3 is 1.